The lowest BCUT2D eigenvalue weighted by Crippen LogP contribution is -2.27. The molecule has 0 aliphatic rings. The molecule has 0 aliphatic carbocycles. The molecule has 0 aromatic carbocycles. The van der Waals surface area contributed by atoms with Crippen molar-refractivity contribution in [2.24, 2.45) is 0 Å². The summed E-state index contributed by atoms with van der Waals surface area (Å²) in [7, 11) is 0. The summed E-state index contributed by atoms with van der Waals surface area (Å²) in [6.07, 6.45) is 1.34. The second-order valence-electron chi connectivity index (χ2n) is 1.79. The minimum absolute atomic E-state index is 0.418. The summed E-state index contributed by atoms with van der Waals surface area (Å²) in [5.41, 5.74) is 0. The van der Waals surface area contributed by atoms with Gasteiger partial charge in [-0.15, -0.1) is 0 Å². The van der Waals surface area contributed by atoms with Gasteiger partial charge in [0.05, 0.1) is 11.7 Å². The summed E-state index contributed by atoms with van der Waals surface area (Å²) < 4.78 is 0. The summed E-state index contributed by atoms with van der Waals surface area (Å²) in [5, 5.41) is 16.9. The summed E-state index contributed by atoms with van der Waals surface area (Å²) in [6.45, 7) is 3.77. The van der Waals surface area contributed by atoms with Crippen molar-refractivity contribution in [3.8, 4) is 0 Å². The largest absolute Gasteiger partial charge is 0.333 e. The van der Waals surface area contributed by atoms with Crippen molar-refractivity contribution >= 4 is 11.7 Å². The van der Waals surface area contributed by atoms with E-state index in [-0.39, 0.29) is 0 Å². The Bertz CT molecular complexity index is 103. The van der Waals surface area contributed by atoms with Crippen LogP contribution in [0.5, 0.6) is 0 Å². The van der Waals surface area contributed by atoms with Gasteiger partial charge in [0, 0.05) is 12.8 Å². The molecule has 0 rings (SSSR count). The summed E-state index contributed by atoms with van der Waals surface area (Å²) in [5.74, 6) is 0.837. The van der Waals surface area contributed by atoms with Crippen LogP contribution < -0.4 is 5.32 Å². The minimum Gasteiger partial charge on any atom is -0.333 e. The number of rotatable bonds is 2. The van der Waals surface area contributed by atoms with Crippen LogP contribution in [0.25, 0.3) is 0 Å². The minimum atomic E-state index is 0.418. The molecular weight excluding hydrogens is 114 g/mol. The van der Waals surface area contributed by atoms with E-state index in [0.29, 0.717) is 24.5 Å². The van der Waals surface area contributed by atoms with Crippen LogP contribution in [0.2, 0.25) is 0 Å². The van der Waals surface area contributed by atoms with Crippen LogP contribution in [0, 0.1) is 10.8 Å². The van der Waals surface area contributed by atoms with E-state index in [9.17, 15) is 0 Å². The van der Waals surface area contributed by atoms with E-state index in [0.717, 1.165) is 0 Å². The summed E-state index contributed by atoms with van der Waals surface area (Å²) >= 11 is 0. The van der Waals surface area contributed by atoms with Crippen LogP contribution >= 0.6 is 0 Å². The highest BCUT2D eigenvalue weighted by molar-refractivity contribution is 5.97. The molecule has 52 valence electrons. The molecule has 0 aliphatic heterocycles. The third-order valence-electron chi connectivity index (χ3n) is 1.01. The monoisotopic (exact) mass is 127 g/mol. The Labute approximate surface area is 55.5 Å². The molecular formula is C6H13N3. The van der Waals surface area contributed by atoms with Gasteiger partial charge in [0.2, 0.25) is 0 Å². The number of amidine groups is 2. The van der Waals surface area contributed by atoms with Gasteiger partial charge in [-0.1, -0.05) is 13.8 Å². The number of hydrogen-bond acceptors (Lipinski definition) is 2. The lowest BCUT2D eigenvalue weighted by molar-refractivity contribution is 1.08. The van der Waals surface area contributed by atoms with Gasteiger partial charge in [-0.3, -0.25) is 10.8 Å². The third-order valence-corrected chi connectivity index (χ3v) is 1.01. The standard InChI is InChI=1S/C6H13N3/c1-3-5(7)9-6(8)4-2/h3-4H2,1-2H3,(H3,7,8,9). The van der Waals surface area contributed by atoms with Crippen LogP contribution in [-0.2, 0) is 0 Å². The highest BCUT2D eigenvalue weighted by atomic mass is 15.0. The Morgan fingerprint density at radius 3 is 1.67 bits per heavy atom. The SMILES string of the molecule is CCC(=N)NC(=N)CC. The molecule has 0 fully saturated rings. The van der Waals surface area contributed by atoms with Gasteiger partial charge >= 0.3 is 0 Å². The predicted octanol–water partition coefficient (Wildman–Crippen LogP) is 1.35. The number of nitrogens with one attached hydrogen (secondary N) is 3. The van der Waals surface area contributed by atoms with E-state index in [1.165, 1.54) is 0 Å². The first kappa shape index (κ1) is 8.14. The highest BCUT2D eigenvalue weighted by Gasteiger charge is 1.92. The normalized spacial score (nSPS) is 8.67. The van der Waals surface area contributed by atoms with Gasteiger partial charge in [-0.2, -0.15) is 0 Å². The molecule has 0 radical (unpaired) electrons. The second kappa shape index (κ2) is 4.06. The molecule has 0 heterocycles. The van der Waals surface area contributed by atoms with E-state index in [1.807, 2.05) is 13.8 Å². The zero-order valence-corrected chi connectivity index (χ0v) is 5.91. The molecule has 0 aromatic heterocycles. The Hall–Kier alpha value is -0.860. The molecule has 0 atom stereocenters. The Kier molecular flexibility index (Phi) is 3.67. The Morgan fingerprint density at radius 1 is 1.11 bits per heavy atom. The van der Waals surface area contributed by atoms with Crippen molar-refractivity contribution in [2.75, 3.05) is 0 Å². The predicted molar refractivity (Wildman–Crippen MR) is 39.2 cm³/mol. The van der Waals surface area contributed by atoms with Crippen molar-refractivity contribution in [1.82, 2.24) is 5.32 Å². The molecule has 9 heavy (non-hydrogen) atoms. The van der Waals surface area contributed by atoms with E-state index in [4.69, 9.17) is 10.8 Å². The molecule has 0 saturated heterocycles. The average Bonchev–Trinajstić information content (AvgIpc) is 1.87. The van der Waals surface area contributed by atoms with E-state index < -0.39 is 0 Å². The molecule has 0 amide bonds. The fourth-order valence-electron chi connectivity index (χ4n) is 0.359. The highest BCUT2D eigenvalue weighted by Crippen LogP contribution is 1.79. The Morgan fingerprint density at radius 2 is 1.44 bits per heavy atom. The average molecular weight is 127 g/mol. The van der Waals surface area contributed by atoms with Crippen molar-refractivity contribution in [3.05, 3.63) is 0 Å². The van der Waals surface area contributed by atoms with Crippen molar-refractivity contribution in [3.63, 3.8) is 0 Å². The van der Waals surface area contributed by atoms with Crippen molar-refractivity contribution < 1.29 is 0 Å². The first-order valence-electron chi connectivity index (χ1n) is 3.12. The van der Waals surface area contributed by atoms with E-state index >= 15 is 0 Å². The maximum atomic E-state index is 7.12. The van der Waals surface area contributed by atoms with Gasteiger partial charge in [0.15, 0.2) is 0 Å². The molecule has 0 aromatic rings. The maximum absolute atomic E-state index is 7.12. The zero-order valence-electron chi connectivity index (χ0n) is 5.91. The summed E-state index contributed by atoms with van der Waals surface area (Å²) in [4.78, 5) is 0. The van der Waals surface area contributed by atoms with Gasteiger partial charge in [0.25, 0.3) is 0 Å². The van der Waals surface area contributed by atoms with Crippen LogP contribution in [0.15, 0.2) is 0 Å². The van der Waals surface area contributed by atoms with Crippen molar-refractivity contribution in [2.45, 2.75) is 26.7 Å². The quantitative estimate of drug-likeness (QED) is 0.380. The Balaban J connectivity index is 3.47. The smallest absolute Gasteiger partial charge is 0.0981 e. The van der Waals surface area contributed by atoms with E-state index in [2.05, 4.69) is 5.32 Å². The first-order chi connectivity index (χ1) is 4.20. The molecule has 0 saturated carbocycles. The van der Waals surface area contributed by atoms with Gasteiger partial charge < -0.3 is 5.32 Å². The van der Waals surface area contributed by atoms with Gasteiger partial charge in [-0.05, 0) is 0 Å². The second-order valence-corrected chi connectivity index (χ2v) is 1.79. The molecule has 0 unspecified atom stereocenters. The topological polar surface area (TPSA) is 59.7 Å². The van der Waals surface area contributed by atoms with E-state index in [1.54, 1.807) is 0 Å². The van der Waals surface area contributed by atoms with Gasteiger partial charge in [0.1, 0.15) is 0 Å². The third kappa shape index (κ3) is 3.70. The van der Waals surface area contributed by atoms with Crippen LogP contribution in [0.4, 0.5) is 0 Å². The molecule has 3 nitrogen and oxygen atoms in total. The van der Waals surface area contributed by atoms with Crippen molar-refractivity contribution in [1.29, 1.82) is 10.8 Å². The first-order valence-corrected chi connectivity index (χ1v) is 3.12. The zero-order chi connectivity index (χ0) is 7.28. The van der Waals surface area contributed by atoms with Crippen LogP contribution in [0.1, 0.15) is 26.7 Å². The maximum Gasteiger partial charge on any atom is 0.0981 e. The molecule has 0 bridgehead atoms. The van der Waals surface area contributed by atoms with Crippen LogP contribution in [0.3, 0.4) is 0 Å². The molecule has 3 N–H and O–H groups in total. The summed E-state index contributed by atoms with van der Waals surface area (Å²) in [6, 6.07) is 0. The fourth-order valence-corrected chi connectivity index (χ4v) is 0.359. The molecule has 0 spiro atoms. The van der Waals surface area contributed by atoms with Crippen LogP contribution in [-0.4, -0.2) is 11.7 Å². The lowest BCUT2D eigenvalue weighted by atomic mass is 10.4. The lowest BCUT2D eigenvalue weighted by Gasteiger charge is -2.03. The van der Waals surface area contributed by atoms with Gasteiger partial charge in [-0.25, -0.2) is 0 Å². The molecule has 3 heteroatoms. The fraction of sp³-hybridized carbons (Fsp3) is 0.667. The number of hydrogen-bond donors (Lipinski definition) is 3.